The molecule has 0 aromatic heterocycles. The van der Waals surface area contributed by atoms with Crippen molar-refractivity contribution in [1.82, 2.24) is 5.32 Å². The van der Waals surface area contributed by atoms with Crippen LogP contribution in [0.5, 0.6) is 11.5 Å². The maximum absolute atomic E-state index is 12.6. The van der Waals surface area contributed by atoms with Gasteiger partial charge < -0.3 is 20.1 Å². The predicted molar refractivity (Wildman–Crippen MR) is 140 cm³/mol. The van der Waals surface area contributed by atoms with Crippen molar-refractivity contribution in [2.45, 2.75) is 25.4 Å². The summed E-state index contributed by atoms with van der Waals surface area (Å²) in [4.78, 5) is 13.1. The fourth-order valence-electron chi connectivity index (χ4n) is 3.57. The van der Waals surface area contributed by atoms with Gasteiger partial charge >= 0.3 is 0 Å². The molecule has 1 fully saturated rings. The molecule has 1 heterocycles. The summed E-state index contributed by atoms with van der Waals surface area (Å²) < 4.78 is 11.4. The smallest absolute Gasteiger partial charge is 0.260 e. The zero-order chi connectivity index (χ0) is 24.8. The molecule has 1 amide bonds. The lowest BCUT2D eigenvalue weighted by Crippen LogP contribution is -2.30. The first-order valence-electron chi connectivity index (χ1n) is 11.0. The molecule has 6 nitrogen and oxygen atoms in total. The van der Waals surface area contributed by atoms with Crippen molar-refractivity contribution in [2.75, 3.05) is 12.4 Å². The zero-order valence-corrected chi connectivity index (χ0v) is 20.9. The molecule has 1 saturated heterocycles. The number of hydrogen-bond acceptors (Lipinski definition) is 6. The highest BCUT2D eigenvalue weighted by molar-refractivity contribution is 8.05. The average molecular weight is 506 g/mol. The highest BCUT2D eigenvalue weighted by Crippen LogP contribution is 2.39. The van der Waals surface area contributed by atoms with Crippen molar-refractivity contribution < 1.29 is 14.3 Å². The fraction of sp³-hybridized carbons (Fsp3) is 0.185. The van der Waals surface area contributed by atoms with Crippen molar-refractivity contribution in [3.63, 3.8) is 0 Å². The van der Waals surface area contributed by atoms with Gasteiger partial charge in [0.25, 0.3) is 5.91 Å². The molecule has 2 N–H and O–H groups in total. The van der Waals surface area contributed by atoms with Gasteiger partial charge in [0.1, 0.15) is 6.61 Å². The number of anilines is 1. The van der Waals surface area contributed by atoms with E-state index in [9.17, 15) is 10.1 Å². The number of carbonyl (C=O) groups excluding carboxylic acids is 1. The van der Waals surface area contributed by atoms with E-state index in [2.05, 4.69) is 35.8 Å². The van der Waals surface area contributed by atoms with Crippen LogP contribution in [-0.2, 0) is 17.8 Å². The van der Waals surface area contributed by atoms with E-state index < -0.39 is 0 Å². The van der Waals surface area contributed by atoms with Crippen LogP contribution in [-0.4, -0.2) is 18.5 Å². The number of carbonyl (C=O) groups is 1. The standard InChI is InChI=1S/C27H24ClN3O3S/c1-3-17-8-10-21(11-9-17)30-27-31-26(32)24(35-27)14-18-12-22(28)25(23(13-18)33-2)34-16-20-7-5-4-6-19(20)15-29/h4-14,27,30H,3,16H2,1-2H3,(H,31,32)/b24-14-/t27-/m1/s1. The van der Waals surface area contributed by atoms with E-state index >= 15 is 0 Å². The molecule has 0 aliphatic carbocycles. The average Bonchev–Trinajstić information content (AvgIpc) is 3.21. The Morgan fingerprint density at radius 1 is 1.20 bits per heavy atom. The summed E-state index contributed by atoms with van der Waals surface area (Å²) in [6, 6.07) is 21.0. The molecule has 1 atom stereocenters. The summed E-state index contributed by atoms with van der Waals surface area (Å²) in [6.07, 6.45) is 2.75. The van der Waals surface area contributed by atoms with Crippen LogP contribution in [0.1, 0.15) is 29.2 Å². The Morgan fingerprint density at radius 2 is 1.97 bits per heavy atom. The second-order valence-corrected chi connectivity index (χ2v) is 9.32. The molecule has 0 bridgehead atoms. The first kappa shape index (κ1) is 24.5. The van der Waals surface area contributed by atoms with Crippen LogP contribution in [0.3, 0.4) is 0 Å². The van der Waals surface area contributed by atoms with Crippen LogP contribution in [0.2, 0.25) is 5.02 Å². The van der Waals surface area contributed by atoms with Gasteiger partial charge in [-0.25, -0.2) is 0 Å². The number of methoxy groups -OCH3 is 1. The number of nitriles is 1. The number of rotatable bonds is 8. The monoisotopic (exact) mass is 505 g/mol. The van der Waals surface area contributed by atoms with Gasteiger partial charge in [0.2, 0.25) is 0 Å². The molecule has 1 aliphatic rings. The van der Waals surface area contributed by atoms with Crippen LogP contribution in [0, 0.1) is 11.3 Å². The van der Waals surface area contributed by atoms with Gasteiger partial charge in [-0.15, -0.1) is 0 Å². The van der Waals surface area contributed by atoms with E-state index in [1.807, 2.05) is 24.3 Å². The topological polar surface area (TPSA) is 83.4 Å². The van der Waals surface area contributed by atoms with E-state index in [0.717, 1.165) is 17.7 Å². The normalized spacial score (nSPS) is 16.0. The Hall–Kier alpha value is -3.60. The lowest BCUT2D eigenvalue weighted by molar-refractivity contribution is -0.116. The quantitative estimate of drug-likeness (QED) is 0.367. The lowest BCUT2D eigenvalue weighted by Gasteiger charge is -2.14. The van der Waals surface area contributed by atoms with Crippen LogP contribution < -0.4 is 20.1 Å². The van der Waals surface area contributed by atoms with E-state index in [0.29, 0.717) is 32.6 Å². The van der Waals surface area contributed by atoms with Crippen molar-refractivity contribution in [2.24, 2.45) is 0 Å². The maximum Gasteiger partial charge on any atom is 0.260 e. The Morgan fingerprint density at radius 3 is 2.69 bits per heavy atom. The lowest BCUT2D eigenvalue weighted by atomic mass is 10.1. The van der Waals surface area contributed by atoms with E-state index in [1.165, 1.54) is 24.4 Å². The number of aryl methyl sites for hydroxylation is 1. The van der Waals surface area contributed by atoms with E-state index in [4.69, 9.17) is 21.1 Å². The minimum absolute atomic E-state index is 0.166. The molecule has 178 valence electrons. The molecule has 0 radical (unpaired) electrons. The Kier molecular flexibility index (Phi) is 7.86. The molecule has 3 aromatic rings. The number of hydrogen-bond donors (Lipinski definition) is 2. The summed E-state index contributed by atoms with van der Waals surface area (Å²) in [7, 11) is 1.53. The van der Waals surface area contributed by atoms with Gasteiger partial charge in [0.15, 0.2) is 17.0 Å². The second kappa shape index (κ2) is 11.2. The number of thioether (sulfide) groups is 1. The molecular weight excluding hydrogens is 482 g/mol. The minimum atomic E-state index is -0.276. The molecular formula is C27H24ClN3O3S. The molecule has 0 spiro atoms. The summed E-state index contributed by atoms with van der Waals surface area (Å²) in [5.41, 5.74) is 3.92. The van der Waals surface area contributed by atoms with Gasteiger partial charge in [-0.1, -0.05) is 60.6 Å². The summed E-state index contributed by atoms with van der Waals surface area (Å²) in [6.45, 7) is 2.28. The van der Waals surface area contributed by atoms with Gasteiger partial charge in [-0.3, -0.25) is 4.79 Å². The van der Waals surface area contributed by atoms with Gasteiger partial charge in [-0.2, -0.15) is 5.26 Å². The molecule has 0 unspecified atom stereocenters. The fourth-order valence-corrected chi connectivity index (χ4v) is 4.83. The summed E-state index contributed by atoms with van der Waals surface area (Å²) in [5, 5.41) is 15.9. The van der Waals surface area contributed by atoms with Crippen LogP contribution in [0.25, 0.3) is 6.08 Å². The molecule has 35 heavy (non-hydrogen) atoms. The van der Waals surface area contributed by atoms with E-state index in [1.54, 1.807) is 30.3 Å². The number of halogens is 1. The Labute approximate surface area is 213 Å². The third kappa shape index (κ3) is 5.91. The summed E-state index contributed by atoms with van der Waals surface area (Å²) >= 11 is 7.91. The van der Waals surface area contributed by atoms with Crippen LogP contribution >= 0.6 is 23.4 Å². The molecule has 1 aliphatic heterocycles. The largest absolute Gasteiger partial charge is 0.493 e. The number of benzene rings is 3. The Balaban J connectivity index is 1.48. The molecule has 3 aromatic carbocycles. The minimum Gasteiger partial charge on any atom is -0.493 e. The zero-order valence-electron chi connectivity index (χ0n) is 19.3. The van der Waals surface area contributed by atoms with Gasteiger partial charge in [-0.05, 0) is 54.0 Å². The Bertz CT molecular complexity index is 1300. The summed E-state index contributed by atoms with van der Waals surface area (Å²) in [5.74, 6) is 0.650. The highest BCUT2D eigenvalue weighted by atomic mass is 35.5. The van der Waals surface area contributed by atoms with Crippen LogP contribution in [0.4, 0.5) is 5.69 Å². The molecule has 0 saturated carbocycles. The predicted octanol–water partition coefficient (Wildman–Crippen LogP) is 5.96. The number of nitrogens with zero attached hydrogens (tertiary/aromatic N) is 1. The van der Waals surface area contributed by atoms with Crippen molar-refractivity contribution >= 4 is 41.0 Å². The molecule has 4 rings (SSSR count). The number of nitrogens with one attached hydrogen (secondary N) is 2. The van der Waals surface area contributed by atoms with Gasteiger partial charge in [0, 0.05) is 11.3 Å². The highest BCUT2D eigenvalue weighted by Gasteiger charge is 2.27. The van der Waals surface area contributed by atoms with Crippen molar-refractivity contribution in [1.29, 1.82) is 5.26 Å². The number of ether oxygens (including phenoxy) is 2. The second-order valence-electron chi connectivity index (χ2n) is 7.77. The van der Waals surface area contributed by atoms with Crippen molar-refractivity contribution in [3.8, 4) is 17.6 Å². The first-order chi connectivity index (χ1) is 17.0. The maximum atomic E-state index is 12.6. The van der Waals surface area contributed by atoms with Gasteiger partial charge in [0.05, 0.1) is 28.7 Å². The van der Waals surface area contributed by atoms with Crippen LogP contribution in [0.15, 0.2) is 65.6 Å². The number of amides is 1. The first-order valence-corrected chi connectivity index (χ1v) is 12.3. The third-order valence-corrected chi connectivity index (χ3v) is 6.76. The van der Waals surface area contributed by atoms with E-state index in [-0.39, 0.29) is 18.0 Å². The van der Waals surface area contributed by atoms with Crippen molar-refractivity contribution in [3.05, 3.63) is 92.8 Å². The molecule has 8 heteroatoms. The SMILES string of the molecule is CCc1ccc(N[C@@H]2NC(=O)/C(=C/c3cc(Cl)c(OCc4ccccc4C#N)c(OC)c3)S2)cc1. The third-order valence-electron chi connectivity index (χ3n) is 5.45.